The van der Waals surface area contributed by atoms with Crippen LogP contribution in [0.1, 0.15) is 17.5 Å². The highest BCUT2D eigenvalue weighted by molar-refractivity contribution is 6.29. The van der Waals surface area contributed by atoms with Crippen molar-refractivity contribution >= 4 is 11.6 Å². The summed E-state index contributed by atoms with van der Waals surface area (Å²) in [4.78, 5) is 4.02. The van der Waals surface area contributed by atoms with Crippen molar-refractivity contribution in [1.29, 1.82) is 0 Å². The molecule has 1 nitrogen and oxygen atoms in total. The standard InChI is InChI=1S/C8H8ClN/c9-8-4-6-2-1-3-7(6)5-10-8/h4-5H,1-3H2. The van der Waals surface area contributed by atoms with E-state index in [0.717, 1.165) is 0 Å². The molecule has 0 saturated heterocycles. The van der Waals surface area contributed by atoms with Gasteiger partial charge in [-0.3, -0.25) is 0 Å². The molecule has 10 heavy (non-hydrogen) atoms. The molecule has 1 aliphatic rings. The molecule has 0 fully saturated rings. The lowest BCUT2D eigenvalue weighted by Crippen LogP contribution is -1.83. The van der Waals surface area contributed by atoms with Gasteiger partial charge in [-0.2, -0.15) is 0 Å². The van der Waals surface area contributed by atoms with Gasteiger partial charge in [0.2, 0.25) is 0 Å². The van der Waals surface area contributed by atoms with Crippen LogP contribution in [0, 0.1) is 0 Å². The largest absolute Gasteiger partial charge is 0.244 e. The number of halogens is 1. The zero-order valence-corrected chi connectivity index (χ0v) is 6.36. The second kappa shape index (κ2) is 2.24. The first kappa shape index (κ1) is 6.17. The Bertz CT molecular complexity index is 257. The van der Waals surface area contributed by atoms with Crippen molar-refractivity contribution < 1.29 is 0 Å². The monoisotopic (exact) mass is 153 g/mol. The first-order chi connectivity index (χ1) is 4.86. The Kier molecular flexibility index (Phi) is 1.38. The van der Waals surface area contributed by atoms with Crippen LogP contribution >= 0.6 is 11.6 Å². The van der Waals surface area contributed by atoms with Crippen molar-refractivity contribution in [3.8, 4) is 0 Å². The van der Waals surface area contributed by atoms with Gasteiger partial charge in [0.25, 0.3) is 0 Å². The van der Waals surface area contributed by atoms with Gasteiger partial charge in [0.1, 0.15) is 5.15 Å². The number of nitrogens with zero attached hydrogens (tertiary/aromatic N) is 1. The minimum absolute atomic E-state index is 0.626. The molecule has 0 aliphatic heterocycles. The number of hydrogen-bond acceptors (Lipinski definition) is 1. The van der Waals surface area contributed by atoms with E-state index in [2.05, 4.69) is 4.98 Å². The average Bonchev–Trinajstić information content (AvgIpc) is 2.33. The van der Waals surface area contributed by atoms with Crippen molar-refractivity contribution in [2.45, 2.75) is 19.3 Å². The van der Waals surface area contributed by atoms with E-state index in [1.54, 1.807) is 0 Å². The molecular weight excluding hydrogens is 146 g/mol. The van der Waals surface area contributed by atoms with E-state index in [9.17, 15) is 0 Å². The second-order valence-electron chi connectivity index (χ2n) is 2.63. The molecule has 0 radical (unpaired) electrons. The second-order valence-corrected chi connectivity index (χ2v) is 3.02. The molecule has 0 unspecified atom stereocenters. The van der Waals surface area contributed by atoms with E-state index in [0.29, 0.717) is 5.15 Å². The van der Waals surface area contributed by atoms with Crippen LogP contribution in [0.5, 0.6) is 0 Å². The van der Waals surface area contributed by atoms with Gasteiger partial charge < -0.3 is 0 Å². The third-order valence-electron chi connectivity index (χ3n) is 1.94. The van der Waals surface area contributed by atoms with Gasteiger partial charge in [-0.1, -0.05) is 11.6 Å². The number of fused-ring (bicyclic) bond motifs is 1. The normalized spacial score (nSPS) is 15.3. The van der Waals surface area contributed by atoms with Crippen LogP contribution in [0.15, 0.2) is 12.3 Å². The minimum atomic E-state index is 0.626. The molecule has 1 heterocycles. The quantitative estimate of drug-likeness (QED) is 0.521. The molecule has 0 spiro atoms. The lowest BCUT2D eigenvalue weighted by Gasteiger charge is -1.95. The van der Waals surface area contributed by atoms with Crippen LogP contribution in [-0.4, -0.2) is 4.98 Å². The summed E-state index contributed by atoms with van der Waals surface area (Å²) in [5, 5.41) is 0.626. The SMILES string of the molecule is Clc1cc2c(cn1)CCC2. The van der Waals surface area contributed by atoms with Gasteiger partial charge in [-0.25, -0.2) is 4.98 Å². The minimum Gasteiger partial charge on any atom is -0.244 e. The van der Waals surface area contributed by atoms with Crippen LogP contribution < -0.4 is 0 Å². The van der Waals surface area contributed by atoms with E-state index in [-0.39, 0.29) is 0 Å². The Morgan fingerprint density at radius 3 is 3.00 bits per heavy atom. The Hall–Kier alpha value is -0.560. The summed E-state index contributed by atoms with van der Waals surface area (Å²) in [6, 6.07) is 1.98. The van der Waals surface area contributed by atoms with E-state index < -0.39 is 0 Å². The van der Waals surface area contributed by atoms with Gasteiger partial charge in [0.05, 0.1) is 0 Å². The van der Waals surface area contributed by atoms with Crippen LogP contribution in [0.4, 0.5) is 0 Å². The molecule has 0 N–H and O–H groups in total. The van der Waals surface area contributed by atoms with Gasteiger partial charge in [-0.15, -0.1) is 0 Å². The fraction of sp³-hybridized carbons (Fsp3) is 0.375. The first-order valence-corrected chi connectivity index (χ1v) is 3.87. The Labute approximate surface area is 65.0 Å². The van der Waals surface area contributed by atoms with E-state index in [1.807, 2.05) is 12.3 Å². The fourth-order valence-electron chi connectivity index (χ4n) is 1.42. The number of pyridine rings is 1. The number of aryl methyl sites for hydroxylation is 2. The fourth-order valence-corrected chi connectivity index (χ4v) is 1.60. The molecule has 0 aromatic carbocycles. The molecule has 0 amide bonds. The Morgan fingerprint density at radius 2 is 2.10 bits per heavy atom. The van der Waals surface area contributed by atoms with Crippen LogP contribution in [-0.2, 0) is 12.8 Å². The molecule has 52 valence electrons. The molecule has 0 saturated carbocycles. The molecule has 0 atom stereocenters. The molecule has 0 bridgehead atoms. The summed E-state index contributed by atoms with van der Waals surface area (Å²) < 4.78 is 0. The van der Waals surface area contributed by atoms with E-state index in [4.69, 9.17) is 11.6 Å². The lowest BCUT2D eigenvalue weighted by molar-refractivity contribution is 0.911. The van der Waals surface area contributed by atoms with Crippen LogP contribution in [0.3, 0.4) is 0 Å². The number of rotatable bonds is 0. The van der Waals surface area contributed by atoms with Crippen LogP contribution in [0.2, 0.25) is 5.15 Å². The van der Waals surface area contributed by atoms with Gasteiger partial charge in [-0.05, 0) is 36.5 Å². The predicted molar refractivity (Wildman–Crippen MR) is 41.3 cm³/mol. The molecule has 1 aliphatic carbocycles. The molecule has 2 rings (SSSR count). The molecule has 1 aromatic rings. The predicted octanol–water partition coefficient (Wildman–Crippen LogP) is 2.22. The number of hydrogen-bond donors (Lipinski definition) is 0. The van der Waals surface area contributed by atoms with Crippen molar-refractivity contribution in [3.05, 3.63) is 28.5 Å². The highest BCUT2D eigenvalue weighted by Gasteiger charge is 2.10. The summed E-state index contributed by atoms with van der Waals surface area (Å²) in [5.74, 6) is 0. The zero-order chi connectivity index (χ0) is 6.97. The zero-order valence-electron chi connectivity index (χ0n) is 5.60. The van der Waals surface area contributed by atoms with Crippen molar-refractivity contribution in [1.82, 2.24) is 4.98 Å². The maximum Gasteiger partial charge on any atom is 0.129 e. The Morgan fingerprint density at radius 1 is 1.30 bits per heavy atom. The maximum absolute atomic E-state index is 5.71. The van der Waals surface area contributed by atoms with Crippen molar-refractivity contribution in [3.63, 3.8) is 0 Å². The maximum atomic E-state index is 5.71. The van der Waals surface area contributed by atoms with Crippen molar-refractivity contribution in [2.75, 3.05) is 0 Å². The third kappa shape index (κ3) is 0.907. The summed E-state index contributed by atoms with van der Waals surface area (Å²) >= 11 is 5.71. The topological polar surface area (TPSA) is 12.9 Å². The van der Waals surface area contributed by atoms with Gasteiger partial charge in [0, 0.05) is 6.20 Å². The molecule has 1 aromatic heterocycles. The molecular formula is C8H8ClN. The van der Waals surface area contributed by atoms with Gasteiger partial charge >= 0.3 is 0 Å². The summed E-state index contributed by atoms with van der Waals surface area (Å²) in [6.07, 6.45) is 5.51. The first-order valence-electron chi connectivity index (χ1n) is 3.49. The summed E-state index contributed by atoms with van der Waals surface area (Å²) in [6.45, 7) is 0. The smallest absolute Gasteiger partial charge is 0.129 e. The van der Waals surface area contributed by atoms with E-state index >= 15 is 0 Å². The Balaban J connectivity index is 2.52. The van der Waals surface area contributed by atoms with Crippen LogP contribution in [0.25, 0.3) is 0 Å². The lowest BCUT2D eigenvalue weighted by atomic mass is 10.2. The molecule has 2 heteroatoms. The van der Waals surface area contributed by atoms with E-state index in [1.165, 1.54) is 30.4 Å². The highest BCUT2D eigenvalue weighted by Crippen LogP contribution is 2.22. The average molecular weight is 154 g/mol. The van der Waals surface area contributed by atoms with Gasteiger partial charge in [0.15, 0.2) is 0 Å². The number of aromatic nitrogens is 1. The van der Waals surface area contributed by atoms with Crippen molar-refractivity contribution in [2.24, 2.45) is 0 Å². The summed E-state index contributed by atoms with van der Waals surface area (Å²) in [5.41, 5.74) is 2.77. The highest BCUT2D eigenvalue weighted by atomic mass is 35.5. The third-order valence-corrected chi connectivity index (χ3v) is 2.15. The summed E-state index contributed by atoms with van der Waals surface area (Å²) in [7, 11) is 0.